The van der Waals surface area contributed by atoms with Crippen molar-refractivity contribution in [2.24, 2.45) is 4.99 Å². The van der Waals surface area contributed by atoms with Gasteiger partial charge in [0.15, 0.2) is 5.96 Å². The minimum atomic E-state index is 0. The van der Waals surface area contributed by atoms with Gasteiger partial charge in [-0.1, -0.05) is 6.42 Å². The molecule has 1 heterocycles. The second-order valence-corrected chi connectivity index (χ2v) is 8.97. The summed E-state index contributed by atoms with van der Waals surface area (Å²) in [4.78, 5) is 4.94. The number of nitrogens with zero attached hydrogens (tertiary/aromatic N) is 1. The van der Waals surface area contributed by atoms with Gasteiger partial charge in [0.1, 0.15) is 0 Å². The summed E-state index contributed by atoms with van der Waals surface area (Å²) in [7, 11) is 0. The first-order valence-corrected chi connectivity index (χ1v) is 11.4. The number of aliphatic imine (C=N–C) groups is 1. The lowest BCUT2D eigenvalue weighted by molar-refractivity contribution is 0.0794. The predicted octanol–water partition coefficient (Wildman–Crippen LogP) is 3.75. The fourth-order valence-electron chi connectivity index (χ4n) is 3.40. The molecule has 24 heavy (non-hydrogen) atoms. The largest absolute Gasteiger partial charge is 0.381 e. The molecule has 2 unspecified atom stereocenters. The first-order chi connectivity index (χ1) is 11.2. The van der Waals surface area contributed by atoms with E-state index in [1.165, 1.54) is 25.7 Å². The molecule has 4 nitrogen and oxygen atoms in total. The molecule has 0 aromatic heterocycles. The molecule has 0 amide bonds. The average molecular weight is 488 g/mol. The van der Waals surface area contributed by atoms with Crippen LogP contribution in [0.25, 0.3) is 0 Å². The zero-order valence-corrected chi connectivity index (χ0v) is 19.3. The third-order valence-corrected chi connectivity index (χ3v) is 7.51. The van der Waals surface area contributed by atoms with Crippen LogP contribution in [-0.4, -0.2) is 60.8 Å². The van der Waals surface area contributed by atoms with Crippen molar-refractivity contribution in [1.29, 1.82) is 0 Å². The number of hydrogen-bond donors (Lipinski definition) is 2. The van der Waals surface area contributed by atoms with E-state index in [2.05, 4.69) is 30.1 Å². The van der Waals surface area contributed by atoms with Crippen LogP contribution in [0.5, 0.6) is 0 Å². The van der Waals surface area contributed by atoms with Crippen LogP contribution >= 0.6 is 47.5 Å². The summed E-state index contributed by atoms with van der Waals surface area (Å²) in [5.74, 6) is 0.999. The maximum Gasteiger partial charge on any atom is 0.191 e. The summed E-state index contributed by atoms with van der Waals surface area (Å²) in [6.45, 7) is 5.68. The Morgan fingerprint density at radius 1 is 1.25 bits per heavy atom. The summed E-state index contributed by atoms with van der Waals surface area (Å²) >= 11 is 3.97. The van der Waals surface area contributed by atoms with Crippen LogP contribution < -0.4 is 10.6 Å². The van der Waals surface area contributed by atoms with Gasteiger partial charge in [-0.3, -0.25) is 4.99 Å². The zero-order chi connectivity index (χ0) is 16.5. The standard InChI is InChI=1S/C17H33N3OS2.HI/c1-4-18-16(20-14-6-5-7-15(12-14)22-2)19-13-17(23-3)8-10-21-11-9-17;/h14-15H,4-13H2,1-3H3,(H2,18,19,20);1H. The lowest BCUT2D eigenvalue weighted by Crippen LogP contribution is -2.46. The van der Waals surface area contributed by atoms with Crippen molar-refractivity contribution in [2.45, 2.75) is 61.5 Å². The Hall–Kier alpha value is 0.660. The van der Waals surface area contributed by atoms with Gasteiger partial charge in [0.25, 0.3) is 0 Å². The van der Waals surface area contributed by atoms with Crippen molar-refractivity contribution >= 4 is 53.5 Å². The molecule has 2 aliphatic rings. The summed E-state index contributed by atoms with van der Waals surface area (Å²) in [5.41, 5.74) is 0. The second-order valence-electron chi connectivity index (χ2n) is 6.56. The molecule has 2 rings (SSSR count). The Morgan fingerprint density at radius 2 is 2.00 bits per heavy atom. The summed E-state index contributed by atoms with van der Waals surface area (Å²) in [6.07, 6.45) is 11.9. The molecule has 2 N–H and O–H groups in total. The van der Waals surface area contributed by atoms with E-state index < -0.39 is 0 Å². The van der Waals surface area contributed by atoms with E-state index in [1.807, 2.05) is 23.5 Å². The van der Waals surface area contributed by atoms with Crippen LogP contribution in [0.15, 0.2) is 4.99 Å². The van der Waals surface area contributed by atoms with E-state index in [9.17, 15) is 0 Å². The Labute approximate surface area is 173 Å². The van der Waals surface area contributed by atoms with Crippen LogP contribution in [-0.2, 0) is 4.74 Å². The molecular weight excluding hydrogens is 453 g/mol. The maximum atomic E-state index is 5.53. The molecule has 1 aliphatic heterocycles. The number of guanidine groups is 1. The fraction of sp³-hybridized carbons (Fsp3) is 0.941. The highest BCUT2D eigenvalue weighted by atomic mass is 127. The molecular formula is C17H34IN3OS2. The molecule has 1 aliphatic carbocycles. The summed E-state index contributed by atoms with van der Waals surface area (Å²) in [5, 5.41) is 7.93. The van der Waals surface area contributed by atoms with Crippen LogP contribution in [0.3, 0.4) is 0 Å². The van der Waals surface area contributed by atoms with Crippen LogP contribution in [0.4, 0.5) is 0 Å². The average Bonchev–Trinajstić information content (AvgIpc) is 2.61. The lowest BCUT2D eigenvalue weighted by atomic mass is 9.95. The van der Waals surface area contributed by atoms with E-state index in [-0.39, 0.29) is 28.7 Å². The molecule has 1 saturated carbocycles. The van der Waals surface area contributed by atoms with Crippen molar-refractivity contribution in [3.8, 4) is 0 Å². The van der Waals surface area contributed by atoms with Gasteiger partial charge in [-0.2, -0.15) is 23.5 Å². The number of nitrogens with one attached hydrogen (secondary N) is 2. The Morgan fingerprint density at radius 3 is 2.62 bits per heavy atom. The summed E-state index contributed by atoms with van der Waals surface area (Å²) < 4.78 is 5.79. The Bertz CT molecular complexity index is 379. The number of hydrogen-bond acceptors (Lipinski definition) is 4. The zero-order valence-electron chi connectivity index (χ0n) is 15.3. The van der Waals surface area contributed by atoms with Crippen LogP contribution in [0.2, 0.25) is 0 Å². The van der Waals surface area contributed by atoms with Crippen LogP contribution in [0.1, 0.15) is 45.4 Å². The van der Waals surface area contributed by atoms with E-state index in [0.717, 1.165) is 50.4 Å². The van der Waals surface area contributed by atoms with Gasteiger partial charge in [0.2, 0.25) is 0 Å². The predicted molar refractivity (Wildman–Crippen MR) is 120 cm³/mol. The molecule has 1 saturated heterocycles. The highest BCUT2D eigenvalue weighted by molar-refractivity contribution is 14.0. The number of rotatable bonds is 6. The van der Waals surface area contributed by atoms with Crippen molar-refractivity contribution in [2.75, 3.05) is 38.8 Å². The molecule has 2 atom stereocenters. The molecule has 0 aromatic carbocycles. The second kappa shape index (κ2) is 12.1. The number of thioether (sulfide) groups is 2. The van der Waals surface area contributed by atoms with E-state index >= 15 is 0 Å². The first kappa shape index (κ1) is 22.7. The van der Waals surface area contributed by atoms with E-state index in [4.69, 9.17) is 9.73 Å². The molecule has 0 spiro atoms. The van der Waals surface area contributed by atoms with Gasteiger partial charge in [-0.25, -0.2) is 0 Å². The monoisotopic (exact) mass is 487 g/mol. The smallest absolute Gasteiger partial charge is 0.191 e. The minimum absolute atomic E-state index is 0. The van der Waals surface area contributed by atoms with Crippen molar-refractivity contribution < 1.29 is 4.74 Å². The van der Waals surface area contributed by atoms with Gasteiger partial charge in [-0.05, 0) is 51.5 Å². The molecule has 0 bridgehead atoms. The SMILES string of the molecule is CCNC(=NCC1(SC)CCOCC1)NC1CCCC(SC)C1.I. The molecule has 0 radical (unpaired) electrons. The fourth-order valence-corrected chi connectivity index (χ4v) is 4.99. The van der Waals surface area contributed by atoms with Gasteiger partial charge in [-0.15, -0.1) is 24.0 Å². The van der Waals surface area contributed by atoms with Gasteiger partial charge in [0.05, 0.1) is 6.54 Å². The normalized spacial score (nSPS) is 27.2. The molecule has 0 aromatic rings. The number of ether oxygens (including phenoxy) is 1. The third kappa shape index (κ3) is 7.11. The Kier molecular flexibility index (Phi) is 11.5. The van der Waals surface area contributed by atoms with Gasteiger partial charge < -0.3 is 15.4 Å². The lowest BCUT2D eigenvalue weighted by Gasteiger charge is -2.35. The maximum absolute atomic E-state index is 5.53. The first-order valence-electron chi connectivity index (χ1n) is 8.92. The Balaban J connectivity index is 0.00000288. The quantitative estimate of drug-likeness (QED) is 0.340. The van der Waals surface area contributed by atoms with E-state index in [0.29, 0.717) is 6.04 Å². The summed E-state index contributed by atoms with van der Waals surface area (Å²) in [6, 6.07) is 0.568. The topological polar surface area (TPSA) is 45.7 Å². The van der Waals surface area contributed by atoms with Crippen molar-refractivity contribution in [3.05, 3.63) is 0 Å². The number of halogens is 1. The van der Waals surface area contributed by atoms with Crippen molar-refractivity contribution in [3.63, 3.8) is 0 Å². The molecule has 7 heteroatoms. The highest BCUT2D eigenvalue weighted by Crippen LogP contribution is 2.34. The third-order valence-electron chi connectivity index (χ3n) is 5.01. The van der Waals surface area contributed by atoms with Crippen molar-refractivity contribution in [1.82, 2.24) is 10.6 Å². The van der Waals surface area contributed by atoms with Gasteiger partial charge >= 0.3 is 0 Å². The van der Waals surface area contributed by atoms with Gasteiger partial charge in [0, 0.05) is 35.8 Å². The van der Waals surface area contributed by atoms with Crippen LogP contribution in [0, 0.1) is 0 Å². The van der Waals surface area contributed by atoms with E-state index in [1.54, 1.807) is 0 Å². The molecule has 2 fully saturated rings. The molecule has 142 valence electrons. The minimum Gasteiger partial charge on any atom is -0.381 e. The highest BCUT2D eigenvalue weighted by Gasteiger charge is 2.31.